The fraction of sp³-hybridized carbons (Fsp3) is 0.235. The van der Waals surface area contributed by atoms with Crippen LogP contribution < -0.4 is 4.74 Å². The molecule has 140 valence electrons. The molecule has 0 aromatic heterocycles. The fourth-order valence-corrected chi connectivity index (χ4v) is 5.22. The third kappa shape index (κ3) is 4.89. The van der Waals surface area contributed by atoms with Crippen LogP contribution in [0.5, 0.6) is 5.75 Å². The van der Waals surface area contributed by atoms with Gasteiger partial charge in [-0.05, 0) is 116 Å². The number of hydrogen-bond donors (Lipinski definition) is 0. The lowest BCUT2D eigenvalue weighted by Gasteiger charge is -2.19. The van der Waals surface area contributed by atoms with Crippen LogP contribution in [0.15, 0.2) is 29.2 Å². The summed E-state index contributed by atoms with van der Waals surface area (Å²) in [6.45, 7) is 5.11. The number of carbonyl (C=O) groups excluding carboxylic acids is 1. The van der Waals surface area contributed by atoms with Crippen LogP contribution in [0.3, 0.4) is 0 Å². The van der Waals surface area contributed by atoms with Gasteiger partial charge in [-0.2, -0.15) is 0 Å². The van der Waals surface area contributed by atoms with Gasteiger partial charge in [0.25, 0.3) is 0 Å². The van der Waals surface area contributed by atoms with E-state index in [9.17, 15) is 17.8 Å². The highest BCUT2D eigenvalue weighted by atomic mass is 127. The molecule has 0 unspecified atom stereocenters. The van der Waals surface area contributed by atoms with Crippen LogP contribution in [0.4, 0.5) is 0 Å². The predicted molar refractivity (Wildman–Crippen MR) is 123 cm³/mol. The molecule has 0 N–H and O–H groups in total. The van der Waals surface area contributed by atoms with Gasteiger partial charge in [-0.3, -0.25) is 0 Å². The molecule has 2 aromatic carbocycles. The third-order valence-electron chi connectivity index (χ3n) is 3.67. The van der Waals surface area contributed by atoms with Gasteiger partial charge in [0.15, 0.2) is 0 Å². The molecular weight excluding hydrogens is 697 g/mol. The van der Waals surface area contributed by atoms with Crippen LogP contribution in [0.1, 0.15) is 41.3 Å². The largest absolute Gasteiger partial charge is 0.744 e. The van der Waals surface area contributed by atoms with Gasteiger partial charge in [0.2, 0.25) is 0 Å². The molecule has 0 aliphatic rings. The van der Waals surface area contributed by atoms with E-state index in [2.05, 4.69) is 67.8 Å². The lowest BCUT2D eigenvalue weighted by Crippen LogP contribution is -2.14. The molecule has 0 atom stereocenters. The Morgan fingerprint density at radius 3 is 2.27 bits per heavy atom. The van der Waals surface area contributed by atoms with E-state index in [1.165, 1.54) is 12.1 Å². The first-order valence-corrected chi connectivity index (χ1v) is 12.0. The average Bonchev–Trinajstić information content (AvgIpc) is 2.53. The summed E-state index contributed by atoms with van der Waals surface area (Å²) < 4.78 is 43.0. The summed E-state index contributed by atoms with van der Waals surface area (Å²) in [4.78, 5) is 12.4. The van der Waals surface area contributed by atoms with E-state index < -0.39 is 16.1 Å². The maximum atomic E-state index is 12.7. The molecule has 2 aromatic rings. The van der Waals surface area contributed by atoms with Gasteiger partial charge >= 0.3 is 5.97 Å². The number of hydrogen-bond acceptors (Lipinski definition) is 5. The molecule has 5 nitrogen and oxygen atoms in total. The second-order valence-electron chi connectivity index (χ2n) is 5.88. The predicted octanol–water partition coefficient (Wildman–Crippen LogP) is 5.06. The van der Waals surface area contributed by atoms with Gasteiger partial charge < -0.3 is 9.29 Å². The first-order valence-electron chi connectivity index (χ1n) is 7.39. The first kappa shape index (κ1) is 22.3. The zero-order chi connectivity index (χ0) is 19.8. The Kier molecular flexibility index (Phi) is 7.35. The molecule has 2 rings (SSSR count). The fourth-order valence-electron chi connectivity index (χ4n) is 2.33. The lowest BCUT2D eigenvalue weighted by molar-refractivity contribution is 0.0732. The molecule has 0 fully saturated rings. The highest BCUT2D eigenvalue weighted by Crippen LogP contribution is 2.31. The van der Waals surface area contributed by atoms with Gasteiger partial charge in [0, 0.05) is 7.14 Å². The first-order chi connectivity index (χ1) is 11.9. The van der Waals surface area contributed by atoms with Crippen LogP contribution in [-0.2, 0) is 10.1 Å². The topological polar surface area (TPSA) is 83.5 Å². The SMILES string of the molecule is Cc1cc(S(=O)(=O)[O-])c(C(C)C)cc1C(=O)Oc1ccc(I)c(I)c1I. The van der Waals surface area contributed by atoms with E-state index >= 15 is 0 Å². The van der Waals surface area contributed by atoms with Gasteiger partial charge in [0.1, 0.15) is 15.9 Å². The molecule has 0 aliphatic carbocycles. The summed E-state index contributed by atoms with van der Waals surface area (Å²) in [5.74, 6) is -0.388. The molecular formula is C17H14I3O5S-. The van der Waals surface area contributed by atoms with Crippen LogP contribution >= 0.6 is 67.8 Å². The average molecular weight is 711 g/mol. The molecule has 0 spiro atoms. The molecule has 0 saturated carbocycles. The molecule has 0 bridgehead atoms. The molecule has 0 saturated heterocycles. The Bertz CT molecular complexity index is 984. The lowest BCUT2D eigenvalue weighted by atomic mass is 9.97. The summed E-state index contributed by atoms with van der Waals surface area (Å²) in [6, 6.07) is 6.26. The summed E-state index contributed by atoms with van der Waals surface area (Å²) in [5.41, 5.74) is 0.930. The number of carbonyl (C=O) groups is 1. The van der Waals surface area contributed by atoms with Gasteiger partial charge in [0.05, 0.1) is 14.0 Å². The van der Waals surface area contributed by atoms with Crippen molar-refractivity contribution >= 4 is 83.9 Å². The van der Waals surface area contributed by atoms with E-state index in [1.54, 1.807) is 26.8 Å². The zero-order valence-corrected chi connectivity index (χ0v) is 21.3. The highest BCUT2D eigenvalue weighted by molar-refractivity contribution is 14.1. The van der Waals surface area contributed by atoms with Crippen molar-refractivity contribution < 1.29 is 22.5 Å². The van der Waals surface area contributed by atoms with Crippen molar-refractivity contribution in [3.8, 4) is 5.75 Å². The molecule has 0 heterocycles. The molecule has 0 amide bonds. The number of benzene rings is 2. The van der Waals surface area contributed by atoms with Crippen molar-refractivity contribution in [1.29, 1.82) is 0 Å². The van der Waals surface area contributed by atoms with Crippen LogP contribution in [0, 0.1) is 17.6 Å². The third-order valence-corrected chi connectivity index (χ3v) is 9.72. The smallest absolute Gasteiger partial charge is 0.343 e. The normalized spacial score (nSPS) is 11.7. The Labute approximate surface area is 193 Å². The summed E-state index contributed by atoms with van der Waals surface area (Å²) >= 11 is 6.50. The monoisotopic (exact) mass is 711 g/mol. The minimum atomic E-state index is -4.62. The standard InChI is InChI=1S/C17H15I3O5S/c1-8(2)10-7-11(9(3)6-14(10)26(22,23)24)17(21)25-13-5-4-12(18)15(19)16(13)20/h4-8H,1-3H3,(H,22,23,24)/p-1. The number of aryl methyl sites for hydroxylation is 1. The number of ether oxygens (including phenoxy) is 1. The minimum absolute atomic E-state index is 0.236. The maximum Gasteiger partial charge on any atom is 0.343 e. The highest BCUT2D eigenvalue weighted by Gasteiger charge is 2.21. The Morgan fingerprint density at radius 2 is 1.73 bits per heavy atom. The minimum Gasteiger partial charge on any atom is -0.744 e. The molecule has 9 heteroatoms. The van der Waals surface area contributed by atoms with Crippen LogP contribution in [0.2, 0.25) is 0 Å². The number of rotatable bonds is 4. The number of esters is 1. The Morgan fingerprint density at radius 1 is 1.12 bits per heavy atom. The number of halogens is 3. The van der Waals surface area contributed by atoms with E-state index in [4.69, 9.17) is 4.74 Å². The Balaban J connectivity index is 2.50. The van der Waals surface area contributed by atoms with Crippen molar-refractivity contribution in [3.05, 3.63) is 51.7 Å². The summed E-state index contributed by atoms with van der Waals surface area (Å²) in [6.07, 6.45) is 0. The van der Waals surface area contributed by atoms with Gasteiger partial charge in [-0.15, -0.1) is 0 Å². The van der Waals surface area contributed by atoms with Crippen molar-refractivity contribution in [3.63, 3.8) is 0 Å². The molecule has 26 heavy (non-hydrogen) atoms. The van der Waals surface area contributed by atoms with Crippen molar-refractivity contribution in [2.45, 2.75) is 31.6 Å². The van der Waals surface area contributed by atoms with E-state index in [0.717, 1.165) is 10.7 Å². The summed E-state index contributed by atoms with van der Waals surface area (Å²) in [7, 11) is -4.62. The van der Waals surface area contributed by atoms with E-state index in [-0.39, 0.29) is 16.4 Å². The quantitative estimate of drug-likeness (QED) is 0.146. The van der Waals surface area contributed by atoms with E-state index in [0.29, 0.717) is 16.9 Å². The molecule has 0 radical (unpaired) electrons. The maximum absolute atomic E-state index is 12.7. The second-order valence-corrected chi connectivity index (χ2v) is 10.5. The Hall–Kier alpha value is 0.0100. The summed E-state index contributed by atoms with van der Waals surface area (Å²) in [5, 5.41) is 0. The van der Waals surface area contributed by atoms with E-state index in [1.807, 2.05) is 6.07 Å². The molecule has 0 aliphatic heterocycles. The zero-order valence-electron chi connectivity index (χ0n) is 14.0. The van der Waals surface area contributed by atoms with Gasteiger partial charge in [-0.25, -0.2) is 13.2 Å². The van der Waals surface area contributed by atoms with Gasteiger partial charge in [-0.1, -0.05) is 13.8 Å². The van der Waals surface area contributed by atoms with Crippen LogP contribution in [-0.4, -0.2) is 18.9 Å². The van der Waals surface area contributed by atoms with Crippen molar-refractivity contribution in [2.24, 2.45) is 0 Å². The second kappa shape index (κ2) is 8.57. The van der Waals surface area contributed by atoms with Crippen molar-refractivity contribution in [2.75, 3.05) is 0 Å². The van der Waals surface area contributed by atoms with Crippen molar-refractivity contribution in [1.82, 2.24) is 0 Å². The van der Waals surface area contributed by atoms with Crippen LogP contribution in [0.25, 0.3) is 0 Å².